The van der Waals surface area contributed by atoms with Gasteiger partial charge in [-0.25, -0.2) is 4.98 Å². The van der Waals surface area contributed by atoms with Crippen LogP contribution in [0.4, 0.5) is 5.82 Å². The van der Waals surface area contributed by atoms with Gasteiger partial charge in [0.25, 0.3) is 11.8 Å². The Balaban J connectivity index is 1.97. The van der Waals surface area contributed by atoms with Crippen LogP contribution in [-0.4, -0.2) is 46.7 Å². The zero-order valence-corrected chi connectivity index (χ0v) is 16.9. The molecule has 7 heteroatoms. The second-order valence-corrected chi connectivity index (χ2v) is 7.71. The Kier molecular flexibility index (Phi) is 6.51. The molecule has 2 rings (SSSR count). The lowest BCUT2D eigenvalue weighted by Gasteiger charge is -2.20. The first-order chi connectivity index (χ1) is 13.0. The molecule has 1 aromatic carbocycles. The van der Waals surface area contributed by atoms with Crippen LogP contribution >= 0.6 is 0 Å². The Hall–Kier alpha value is -3.22. The molecule has 0 atom stereocenters. The maximum absolute atomic E-state index is 12.5. The molecule has 2 aromatic rings. The Labute approximate surface area is 165 Å². The van der Waals surface area contributed by atoms with Gasteiger partial charge in [0, 0.05) is 29.9 Å². The summed E-state index contributed by atoms with van der Waals surface area (Å²) in [5.41, 5.74) is 1.50. The number of aromatic nitrogens is 1. The average molecular weight is 382 g/mol. The summed E-state index contributed by atoms with van der Waals surface area (Å²) in [5, 5.41) is 5.54. The number of benzene rings is 1. The summed E-state index contributed by atoms with van der Waals surface area (Å²) in [7, 11) is 1.55. The molecule has 0 radical (unpaired) electrons. The van der Waals surface area contributed by atoms with E-state index in [0.717, 1.165) is 5.56 Å². The summed E-state index contributed by atoms with van der Waals surface area (Å²) in [4.78, 5) is 42.2. The van der Waals surface area contributed by atoms with Gasteiger partial charge in [0.2, 0.25) is 5.91 Å². The van der Waals surface area contributed by atoms with Crippen molar-refractivity contribution < 1.29 is 14.4 Å². The lowest BCUT2D eigenvalue weighted by Crippen LogP contribution is -2.40. The van der Waals surface area contributed by atoms with Crippen LogP contribution in [0.2, 0.25) is 0 Å². The van der Waals surface area contributed by atoms with Gasteiger partial charge in [-0.15, -0.1) is 0 Å². The van der Waals surface area contributed by atoms with E-state index in [1.165, 1.54) is 4.90 Å². The van der Waals surface area contributed by atoms with Gasteiger partial charge in [0.1, 0.15) is 5.82 Å². The minimum Gasteiger partial charge on any atom is -0.347 e. The van der Waals surface area contributed by atoms with Crippen LogP contribution < -0.4 is 10.6 Å². The highest BCUT2D eigenvalue weighted by Crippen LogP contribution is 2.10. The lowest BCUT2D eigenvalue weighted by atomic mass is 10.1. The molecule has 1 heterocycles. The van der Waals surface area contributed by atoms with Crippen molar-refractivity contribution in [2.75, 3.05) is 18.9 Å². The molecule has 2 N–H and O–H groups in total. The maximum atomic E-state index is 12.5. The number of hydrogen-bond donors (Lipinski definition) is 2. The first-order valence-electron chi connectivity index (χ1n) is 8.96. The van der Waals surface area contributed by atoms with Crippen molar-refractivity contribution in [2.24, 2.45) is 0 Å². The van der Waals surface area contributed by atoms with E-state index in [-0.39, 0.29) is 29.8 Å². The highest BCUT2D eigenvalue weighted by molar-refractivity contribution is 6.00. The molecule has 0 fully saturated rings. The van der Waals surface area contributed by atoms with Crippen LogP contribution in [0.3, 0.4) is 0 Å². The summed E-state index contributed by atoms with van der Waals surface area (Å²) in [6.07, 6.45) is 1.61. The Morgan fingerprint density at radius 2 is 1.64 bits per heavy atom. The minimum atomic E-state index is -0.342. The topological polar surface area (TPSA) is 91.4 Å². The summed E-state index contributed by atoms with van der Waals surface area (Å²) >= 11 is 0. The van der Waals surface area contributed by atoms with Crippen molar-refractivity contribution in [3.05, 3.63) is 59.3 Å². The van der Waals surface area contributed by atoms with E-state index in [2.05, 4.69) is 15.6 Å². The van der Waals surface area contributed by atoms with Crippen LogP contribution in [0.5, 0.6) is 0 Å². The van der Waals surface area contributed by atoms with E-state index in [1.54, 1.807) is 43.6 Å². The molecule has 1 aromatic heterocycles. The highest BCUT2D eigenvalue weighted by Gasteiger charge is 2.18. The van der Waals surface area contributed by atoms with E-state index in [4.69, 9.17) is 0 Å². The molecule has 0 saturated carbocycles. The number of amides is 3. The largest absolute Gasteiger partial charge is 0.347 e. The predicted molar refractivity (Wildman–Crippen MR) is 108 cm³/mol. The number of nitrogens with zero attached hydrogens (tertiary/aromatic N) is 2. The Bertz CT molecular complexity index is 870. The molecule has 0 aliphatic rings. The number of likely N-dealkylation sites (N-methyl/N-ethyl adjacent to an activating group) is 1. The molecule has 3 amide bonds. The van der Waals surface area contributed by atoms with Crippen molar-refractivity contribution in [3.8, 4) is 0 Å². The zero-order chi connectivity index (χ0) is 20.9. The van der Waals surface area contributed by atoms with Gasteiger partial charge in [-0.3, -0.25) is 14.4 Å². The number of carbonyl (C=O) groups excluding carboxylic acids is 3. The van der Waals surface area contributed by atoms with Crippen molar-refractivity contribution in [2.45, 2.75) is 33.2 Å². The van der Waals surface area contributed by atoms with Crippen LogP contribution in [0.25, 0.3) is 0 Å². The van der Waals surface area contributed by atoms with Crippen molar-refractivity contribution in [1.29, 1.82) is 0 Å². The van der Waals surface area contributed by atoms with E-state index >= 15 is 0 Å². The number of aryl methyl sites for hydroxylation is 1. The normalized spacial score (nSPS) is 10.9. The van der Waals surface area contributed by atoms with Crippen LogP contribution in [0.1, 0.15) is 47.1 Å². The summed E-state index contributed by atoms with van der Waals surface area (Å²) in [6, 6.07) is 9.93. The fourth-order valence-corrected chi connectivity index (χ4v) is 2.47. The third kappa shape index (κ3) is 6.19. The number of pyridine rings is 1. The van der Waals surface area contributed by atoms with Gasteiger partial charge >= 0.3 is 0 Å². The molecule has 7 nitrogen and oxygen atoms in total. The average Bonchev–Trinajstić information content (AvgIpc) is 2.59. The van der Waals surface area contributed by atoms with Crippen molar-refractivity contribution in [3.63, 3.8) is 0 Å². The van der Waals surface area contributed by atoms with E-state index in [1.807, 2.05) is 33.8 Å². The maximum Gasteiger partial charge on any atom is 0.254 e. The standard InChI is InChI=1S/C21H26N4O3/c1-14-10-11-22-17(12-14)23-18(26)13-25(5)20(28)16-8-6-15(7-9-16)19(27)24-21(2,3)4/h6-12H,13H2,1-5H3,(H,24,27)(H,22,23,26). The first kappa shape index (κ1) is 21.1. The number of rotatable bonds is 5. The van der Waals surface area contributed by atoms with Crippen LogP contribution in [-0.2, 0) is 4.79 Å². The molecule has 0 aliphatic carbocycles. The van der Waals surface area contributed by atoms with Gasteiger partial charge in [-0.05, 0) is 69.7 Å². The Morgan fingerprint density at radius 1 is 1.04 bits per heavy atom. The van der Waals surface area contributed by atoms with E-state index in [9.17, 15) is 14.4 Å². The minimum absolute atomic E-state index is 0.110. The molecule has 0 aliphatic heterocycles. The molecular weight excluding hydrogens is 356 g/mol. The number of hydrogen-bond acceptors (Lipinski definition) is 4. The van der Waals surface area contributed by atoms with Gasteiger partial charge in [0.15, 0.2) is 0 Å². The predicted octanol–water partition coefficient (Wildman–Crippen LogP) is 2.63. The molecule has 148 valence electrons. The SMILES string of the molecule is Cc1ccnc(NC(=O)CN(C)C(=O)c2ccc(C(=O)NC(C)(C)C)cc2)c1. The Morgan fingerprint density at radius 3 is 2.21 bits per heavy atom. The molecule has 0 unspecified atom stereocenters. The van der Waals surface area contributed by atoms with Crippen LogP contribution in [0.15, 0.2) is 42.6 Å². The fourth-order valence-electron chi connectivity index (χ4n) is 2.47. The number of nitrogens with one attached hydrogen (secondary N) is 2. The van der Waals surface area contributed by atoms with Gasteiger partial charge in [-0.1, -0.05) is 0 Å². The molecule has 0 saturated heterocycles. The zero-order valence-electron chi connectivity index (χ0n) is 16.9. The third-order valence-corrected chi connectivity index (χ3v) is 3.79. The number of anilines is 1. The molecule has 28 heavy (non-hydrogen) atoms. The monoisotopic (exact) mass is 382 g/mol. The van der Waals surface area contributed by atoms with E-state index in [0.29, 0.717) is 16.9 Å². The summed E-state index contributed by atoms with van der Waals surface area (Å²) < 4.78 is 0. The number of carbonyl (C=O) groups is 3. The molecule has 0 spiro atoms. The smallest absolute Gasteiger partial charge is 0.254 e. The van der Waals surface area contributed by atoms with Crippen molar-refractivity contribution >= 4 is 23.5 Å². The summed E-state index contributed by atoms with van der Waals surface area (Å²) in [6.45, 7) is 7.48. The van der Waals surface area contributed by atoms with Gasteiger partial charge in [-0.2, -0.15) is 0 Å². The lowest BCUT2D eigenvalue weighted by molar-refractivity contribution is -0.116. The van der Waals surface area contributed by atoms with Crippen LogP contribution in [0, 0.1) is 6.92 Å². The molecule has 0 bridgehead atoms. The van der Waals surface area contributed by atoms with Crippen molar-refractivity contribution in [1.82, 2.24) is 15.2 Å². The molecular formula is C21H26N4O3. The van der Waals surface area contributed by atoms with E-state index < -0.39 is 0 Å². The summed E-state index contributed by atoms with van der Waals surface area (Å²) in [5.74, 6) is -0.407. The quantitative estimate of drug-likeness (QED) is 0.832. The first-order valence-corrected chi connectivity index (χ1v) is 8.96. The highest BCUT2D eigenvalue weighted by atomic mass is 16.2. The van der Waals surface area contributed by atoms with Gasteiger partial charge < -0.3 is 15.5 Å². The second-order valence-electron chi connectivity index (χ2n) is 7.71. The third-order valence-electron chi connectivity index (χ3n) is 3.79. The van der Waals surface area contributed by atoms with Gasteiger partial charge in [0.05, 0.1) is 6.54 Å². The second kappa shape index (κ2) is 8.65. The fraction of sp³-hybridized carbons (Fsp3) is 0.333.